The first-order chi connectivity index (χ1) is 13.6. The maximum absolute atomic E-state index is 12.3. The second-order valence-electron chi connectivity index (χ2n) is 6.63. The van der Waals surface area contributed by atoms with E-state index in [4.69, 9.17) is 11.6 Å². The average molecular weight is 414 g/mol. The van der Waals surface area contributed by atoms with Crippen molar-refractivity contribution < 1.29 is 4.79 Å². The van der Waals surface area contributed by atoms with Crippen molar-refractivity contribution in [2.75, 3.05) is 12.3 Å². The zero-order chi connectivity index (χ0) is 19.8. The fourth-order valence-electron chi connectivity index (χ4n) is 2.99. The van der Waals surface area contributed by atoms with Gasteiger partial charge in [-0.25, -0.2) is 0 Å². The molecular formula is C22H24ClN3OS. The van der Waals surface area contributed by atoms with Crippen LogP contribution in [0.2, 0.25) is 5.02 Å². The molecule has 0 aliphatic carbocycles. The van der Waals surface area contributed by atoms with E-state index >= 15 is 0 Å². The highest BCUT2D eigenvalue weighted by Gasteiger charge is 2.16. The Morgan fingerprint density at radius 3 is 2.54 bits per heavy atom. The number of aryl methyl sites for hydroxylation is 2. The van der Waals surface area contributed by atoms with Crippen molar-refractivity contribution in [1.29, 1.82) is 0 Å². The zero-order valence-electron chi connectivity index (χ0n) is 15.8. The SMILES string of the molecule is Cc1[nH]ncc1CCCNC(=O)CSC(c1ccccc1)c1ccc(Cl)cc1. The number of aromatic amines is 1. The van der Waals surface area contributed by atoms with Gasteiger partial charge in [0.2, 0.25) is 5.91 Å². The molecule has 1 atom stereocenters. The summed E-state index contributed by atoms with van der Waals surface area (Å²) in [5, 5.41) is 10.8. The summed E-state index contributed by atoms with van der Waals surface area (Å²) in [6.07, 6.45) is 3.66. The Kier molecular flexibility index (Phi) is 7.57. The minimum absolute atomic E-state index is 0.0591. The quantitative estimate of drug-likeness (QED) is 0.488. The van der Waals surface area contributed by atoms with E-state index in [1.54, 1.807) is 11.8 Å². The van der Waals surface area contributed by atoms with Crippen molar-refractivity contribution >= 4 is 29.3 Å². The number of rotatable bonds is 9. The Morgan fingerprint density at radius 1 is 1.14 bits per heavy atom. The lowest BCUT2D eigenvalue weighted by Crippen LogP contribution is -2.26. The summed E-state index contributed by atoms with van der Waals surface area (Å²) >= 11 is 7.66. The van der Waals surface area contributed by atoms with Gasteiger partial charge in [0, 0.05) is 17.3 Å². The molecule has 28 heavy (non-hydrogen) atoms. The van der Waals surface area contributed by atoms with Crippen molar-refractivity contribution in [2.45, 2.75) is 25.0 Å². The highest BCUT2D eigenvalue weighted by atomic mass is 35.5. The number of H-pyrrole nitrogens is 1. The Labute approximate surface area is 175 Å². The van der Waals surface area contributed by atoms with Crippen LogP contribution < -0.4 is 5.32 Å². The van der Waals surface area contributed by atoms with Gasteiger partial charge in [-0.2, -0.15) is 5.10 Å². The van der Waals surface area contributed by atoms with Gasteiger partial charge in [-0.1, -0.05) is 54.1 Å². The molecule has 4 nitrogen and oxygen atoms in total. The average Bonchev–Trinajstić information content (AvgIpc) is 3.12. The number of hydrogen-bond donors (Lipinski definition) is 2. The monoisotopic (exact) mass is 413 g/mol. The number of aromatic nitrogens is 2. The number of carbonyl (C=O) groups excluding carboxylic acids is 1. The topological polar surface area (TPSA) is 57.8 Å². The van der Waals surface area contributed by atoms with Gasteiger partial charge < -0.3 is 5.32 Å². The van der Waals surface area contributed by atoms with Crippen LogP contribution in [0, 0.1) is 6.92 Å². The number of amides is 1. The molecule has 0 saturated heterocycles. The fourth-order valence-corrected chi connectivity index (χ4v) is 4.24. The van der Waals surface area contributed by atoms with Crippen LogP contribution in [-0.2, 0) is 11.2 Å². The first-order valence-corrected chi connectivity index (χ1v) is 10.7. The molecule has 0 radical (unpaired) electrons. The van der Waals surface area contributed by atoms with Gasteiger partial charge in [-0.15, -0.1) is 11.8 Å². The first-order valence-electron chi connectivity index (χ1n) is 9.31. The van der Waals surface area contributed by atoms with E-state index in [-0.39, 0.29) is 11.2 Å². The number of nitrogens with one attached hydrogen (secondary N) is 2. The zero-order valence-corrected chi connectivity index (χ0v) is 17.4. The highest BCUT2D eigenvalue weighted by molar-refractivity contribution is 8.00. The van der Waals surface area contributed by atoms with Gasteiger partial charge in [0.05, 0.1) is 17.2 Å². The third-order valence-corrected chi connectivity index (χ3v) is 6.09. The van der Waals surface area contributed by atoms with Crippen LogP contribution in [0.5, 0.6) is 0 Å². The molecule has 1 unspecified atom stereocenters. The summed E-state index contributed by atoms with van der Waals surface area (Å²) in [5.74, 6) is 0.469. The molecule has 0 aliphatic rings. The molecule has 1 amide bonds. The predicted octanol–water partition coefficient (Wildman–Crippen LogP) is 4.94. The Bertz CT molecular complexity index is 880. The summed E-state index contributed by atoms with van der Waals surface area (Å²) < 4.78 is 0. The maximum Gasteiger partial charge on any atom is 0.230 e. The van der Waals surface area contributed by atoms with E-state index in [2.05, 4.69) is 27.6 Å². The van der Waals surface area contributed by atoms with Crippen LogP contribution in [0.15, 0.2) is 60.8 Å². The van der Waals surface area contributed by atoms with Gasteiger partial charge in [-0.05, 0) is 48.6 Å². The van der Waals surface area contributed by atoms with Gasteiger partial charge in [-0.3, -0.25) is 9.89 Å². The second-order valence-corrected chi connectivity index (χ2v) is 8.16. The predicted molar refractivity (Wildman–Crippen MR) is 117 cm³/mol. The van der Waals surface area contributed by atoms with Gasteiger partial charge in [0.15, 0.2) is 0 Å². The maximum atomic E-state index is 12.3. The lowest BCUT2D eigenvalue weighted by Gasteiger charge is -2.18. The molecule has 6 heteroatoms. The fraction of sp³-hybridized carbons (Fsp3) is 0.273. The minimum Gasteiger partial charge on any atom is -0.355 e. The molecule has 0 aliphatic heterocycles. The molecule has 0 bridgehead atoms. The van der Waals surface area contributed by atoms with Crippen LogP contribution in [0.25, 0.3) is 0 Å². The molecule has 3 rings (SSSR count). The van der Waals surface area contributed by atoms with Gasteiger partial charge in [0.25, 0.3) is 0 Å². The van der Waals surface area contributed by atoms with Crippen molar-refractivity contribution in [1.82, 2.24) is 15.5 Å². The van der Waals surface area contributed by atoms with Crippen LogP contribution in [0.3, 0.4) is 0 Å². The molecule has 0 fully saturated rings. The lowest BCUT2D eigenvalue weighted by atomic mass is 10.0. The first kappa shape index (κ1) is 20.5. The molecule has 1 heterocycles. The summed E-state index contributed by atoms with van der Waals surface area (Å²) in [6, 6.07) is 18.1. The minimum atomic E-state index is 0.0591. The van der Waals surface area contributed by atoms with Crippen molar-refractivity contribution in [3.05, 3.63) is 88.2 Å². The Hall–Kier alpha value is -2.24. The molecule has 3 aromatic rings. The van der Waals surface area contributed by atoms with Crippen molar-refractivity contribution in [3.63, 3.8) is 0 Å². The number of thioether (sulfide) groups is 1. The van der Waals surface area contributed by atoms with E-state index in [1.165, 1.54) is 11.1 Å². The van der Waals surface area contributed by atoms with Crippen LogP contribution in [0.4, 0.5) is 0 Å². The Morgan fingerprint density at radius 2 is 1.86 bits per heavy atom. The van der Waals surface area contributed by atoms with Gasteiger partial charge >= 0.3 is 0 Å². The molecular weight excluding hydrogens is 390 g/mol. The molecule has 146 valence electrons. The summed E-state index contributed by atoms with van der Waals surface area (Å²) in [7, 11) is 0. The van der Waals surface area contributed by atoms with E-state index in [1.807, 2.05) is 55.6 Å². The largest absolute Gasteiger partial charge is 0.355 e. The molecule has 2 N–H and O–H groups in total. The highest BCUT2D eigenvalue weighted by Crippen LogP contribution is 2.35. The lowest BCUT2D eigenvalue weighted by molar-refractivity contribution is -0.118. The summed E-state index contributed by atoms with van der Waals surface area (Å²) in [4.78, 5) is 12.3. The van der Waals surface area contributed by atoms with E-state index < -0.39 is 0 Å². The van der Waals surface area contributed by atoms with Crippen LogP contribution >= 0.6 is 23.4 Å². The third-order valence-electron chi connectivity index (χ3n) is 4.54. The number of benzene rings is 2. The number of carbonyl (C=O) groups is 1. The molecule has 1 aromatic heterocycles. The van der Waals surface area contributed by atoms with E-state index in [0.29, 0.717) is 17.3 Å². The second kappa shape index (κ2) is 10.3. The molecule has 2 aromatic carbocycles. The van der Waals surface area contributed by atoms with Crippen molar-refractivity contribution in [3.8, 4) is 0 Å². The van der Waals surface area contributed by atoms with E-state index in [0.717, 1.165) is 24.1 Å². The molecule has 0 spiro atoms. The molecule has 0 saturated carbocycles. The standard InChI is InChI=1S/C22H24ClN3OS/c1-16-19(14-25-26-16)8-5-13-24-21(27)15-28-22(17-6-3-2-4-7-17)18-9-11-20(23)12-10-18/h2-4,6-7,9-12,14,22H,5,8,13,15H2,1H3,(H,24,27)(H,25,26). The number of halogens is 1. The van der Waals surface area contributed by atoms with E-state index in [9.17, 15) is 4.79 Å². The van der Waals surface area contributed by atoms with Crippen LogP contribution in [0.1, 0.15) is 34.1 Å². The normalized spacial score (nSPS) is 11.9. The third kappa shape index (κ3) is 5.88. The van der Waals surface area contributed by atoms with Crippen molar-refractivity contribution in [2.24, 2.45) is 0 Å². The van der Waals surface area contributed by atoms with Crippen LogP contribution in [-0.4, -0.2) is 28.4 Å². The van der Waals surface area contributed by atoms with Gasteiger partial charge in [0.1, 0.15) is 0 Å². The summed E-state index contributed by atoms with van der Waals surface area (Å²) in [5.41, 5.74) is 4.62. The summed E-state index contributed by atoms with van der Waals surface area (Å²) in [6.45, 7) is 2.68. The smallest absolute Gasteiger partial charge is 0.230 e. The number of hydrogen-bond acceptors (Lipinski definition) is 3. The number of nitrogens with zero attached hydrogens (tertiary/aromatic N) is 1. The Balaban J connectivity index is 1.52.